The van der Waals surface area contributed by atoms with Crippen LogP contribution in [0.4, 0.5) is 4.79 Å². The lowest BCUT2D eigenvalue weighted by molar-refractivity contribution is -0.145. The lowest BCUT2D eigenvalue weighted by atomic mass is 9.73. The minimum Gasteiger partial charge on any atom is -0.481 e. The number of urea groups is 1. The zero-order valence-corrected chi connectivity index (χ0v) is 11.8. The van der Waals surface area contributed by atoms with E-state index < -0.39 is 30.4 Å². The summed E-state index contributed by atoms with van der Waals surface area (Å²) in [7, 11) is 0. The first-order valence-electron chi connectivity index (χ1n) is 6.74. The van der Waals surface area contributed by atoms with E-state index in [-0.39, 0.29) is 11.5 Å². The summed E-state index contributed by atoms with van der Waals surface area (Å²) in [6.07, 6.45) is 3.33. The van der Waals surface area contributed by atoms with E-state index in [4.69, 9.17) is 10.2 Å². The molecule has 0 aromatic heterocycles. The molecule has 7 nitrogen and oxygen atoms in total. The summed E-state index contributed by atoms with van der Waals surface area (Å²) in [4.78, 5) is 33.3. The Balaban J connectivity index is 2.56. The molecule has 1 saturated carbocycles. The van der Waals surface area contributed by atoms with Crippen LogP contribution in [0.3, 0.4) is 0 Å². The zero-order valence-electron chi connectivity index (χ0n) is 11.8. The Hall–Kier alpha value is -1.79. The predicted octanol–water partition coefficient (Wildman–Crippen LogP) is 1.18. The summed E-state index contributed by atoms with van der Waals surface area (Å²) >= 11 is 0. The highest BCUT2D eigenvalue weighted by Crippen LogP contribution is 2.35. The third-order valence-electron chi connectivity index (χ3n) is 3.79. The maximum atomic E-state index is 11.8. The molecule has 1 aliphatic rings. The summed E-state index contributed by atoms with van der Waals surface area (Å²) < 4.78 is 0. The van der Waals surface area contributed by atoms with Crippen molar-refractivity contribution in [1.82, 2.24) is 10.6 Å². The summed E-state index contributed by atoms with van der Waals surface area (Å²) in [6, 6.07) is -2.08. The van der Waals surface area contributed by atoms with Gasteiger partial charge in [-0.05, 0) is 18.3 Å². The fourth-order valence-corrected chi connectivity index (χ4v) is 2.49. The number of nitrogens with one attached hydrogen (secondary N) is 2. The number of hydrogen-bond acceptors (Lipinski definition) is 3. The van der Waals surface area contributed by atoms with Gasteiger partial charge in [0.1, 0.15) is 6.04 Å². The van der Waals surface area contributed by atoms with Crippen molar-refractivity contribution in [3.8, 4) is 0 Å². The molecule has 0 aromatic carbocycles. The van der Waals surface area contributed by atoms with Crippen molar-refractivity contribution < 1.29 is 24.6 Å². The van der Waals surface area contributed by atoms with Gasteiger partial charge in [-0.1, -0.05) is 26.7 Å². The second kappa shape index (κ2) is 6.58. The lowest BCUT2D eigenvalue weighted by Gasteiger charge is -2.39. The van der Waals surface area contributed by atoms with Gasteiger partial charge in [0, 0.05) is 6.04 Å². The number of amides is 2. The van der Waals surface area contributed by atoms with Crippen molar-refractivity contribution in [3.05, 3.63) is 0 Å². The Labute approximate surface area is 117 Å². The molecule has 0 bridgehead atoms. The number of aliphatic carboxylic acids is 2. The van der Waals surface area contributed by atoms with Gasteiger partial charge in [-0.3, -0.25) is 4.79 Å². The Morgan fingerprint density at radius 1 is 1.25 bits per heavy atom. The summed E-state index contributed by atoms with van der Waals surface area (Å²) in [6.45, 7) is 4.12. The monoisotopic (exact) mass is 286 g/mol. The number of carboxylic acid groups (broad SMARTS) is 2. The van der Waals surface area contributed by atoms with Crippen molar-refractivity contribution in [1.29, 1.82) is 0 Å². The smallest absolute Gasteiger partial charge is 0.326 e. The van der Waals surface area contributed by atoms with Gasteiger partial charge in [-0.2, -0.15) is 0 Å². The Morgan fingerprint density at radius 3 is 2.40 bits per heavy atom. The van der Waals surface area contributed by atoms with Crippen LogP contribution in [0.5, 0.6) is 0 Å². The van der Waals surface area contributed by atoms with E-state index in [0.29, 0.717) is 0 Å². The fraction of sp³-hybridized carbons (Fsp3) is 0.769. The van der Waals surface area contributed by atoms with Crippen LogP contribution in [0.25, 0.3) is 0 Å². The van der Waals surface area contributed by atoms with Crippen LogP contribution in [-0.2, 0) is 9.59 Å². The molecule has 0 saturated heterocycles. The highest BCUT2D eigenvalue weighted by atomic mass is 16.4. The molecular weight excluding hydrogens is 264 g/mol. The Kier molecular flexibility index (Phi) is 5.35. The van der Waals surface area contributed by atoms with Crippen molar-refractivity contribution in [3.63, 3.8) is 0 Å². The van der Waals surface area contributed by atoms with Crippen LogP contribution >= 0.6 is 0 Å². The summed E-state index contributed by atoms with van der Waals surface area (Å²) in [5, 5.41) is 22.5. The highest BCUT2D eigenvalue weighted by molar-refractivity contribution is 5.86. The molecule has 20 heavy (non-hydrogen) atoms. The maximum Gasteiger partial charge on any atom is 0.326 e. The number of carboxylic acids is 2. The van der Waals surface area contributed by atoms with Crippen molar-refractivity contribution >= 4 is 18.0 Å². The lowest BCUT2D eigenvalue weighted by Crippen LogP contribution is -2.53. The van der Waals surface area contributed by atoms with Crippen LogP contribution in [0.2, 0.25) is 0 Å². The van der Waals surface area contributed by atoms with Gasteiger partial charge in [0.2, 0.25) is 0 Å². The van der Waals surface area contributed by atoms with Gasteiger partial charge in [0.05, 0.1) is 6.42 Å². The van der Waals surface area contributed by atoms with Crippen molar-refractivity contribution in [2.75, 3.05) is 0 Å². The van der Waals surface area contributed by atoms with Crippen LogP contribution in [0, 0.1) is 5.41 Å². The third kappa shape index (κ3) is 4.71. The second-order valence-corrected chi connectivity index (χ2v) is 5.89. The highest BCUT2D eigenvalue weighted by Gasteiger charge is 2.34. The molecule has 0 aliphatic heterocycles. The number of carbonyl (C=O) groups excluding carboxylic acids is 1. The first-order chi connectivity index (χ1) is 9.22. The van der Waals surface area contributed by atoms with E-state index in [1.54, 1.807) is 0 Å². The standard InChI is InChI=1S/C13H22N2O5/c1-13(2)6-4-3-5-9(13)15-12(20)14-8(11(18)19)7-10(16)17/h8-9H,3-7H2,1-2H3,(H,16,17)(H,18,19)(H2,14,15,20). The normalized spacial score (nSPS) is 22.6. The van der Waals surface area contributed by atoms with Gasteiger partial charge in [-0.25, -0.2) is 9.59 Å². The molecule has 114 valence electrons. The topological polar surface area (TPSA) is 116 Å². The van der Waals surface area contributed by atoms with Crippen LogP contribution in [0.15, 0.2) is 0 Å². The first-order valence-corrected chi connectivity index (χ1v) is 6.74. The largest absolute Gasteiger partial charge is 0.481 e. The minimum absolute atomic E-state index is 0.0319. The number of rotatable bonds is 5. The fourth-order valence-electron chi connectivity index (χ4n) is 2.49. The van der Waals surface area contributed by atoms with Crippen molar-refractivity contribution in [2.45, 2.75) is 58.0 Å². The second-order valence-electron chi connectivity index (χ2n) is 5.89. The zero-order chi connectivity index (χ0) is 15.3. The SMILES string of the molecule is CC1(C)CCCCC1NC(=O)NC(CC(=O)O)C(=O)O. The maximum absolute atomic E-state index is 11.8. The molecule has 2 amide bonds. The van der Waals surface area contributed by atoms with Gasteiger partial charge in [0.15, 0.2) is 0 Å². The quantitative estimate of drug-likeness (QED) is 0.605. The van der Waals surface area contributed by atoms with E-state index in [1.807, 2.05) is 0 Å². The van der Waals surface area contributed by atoms with E-state index >= 15 is 0 Å². The molecule has 1 rings (SSSR count). The molecule has 1 fully saturated rings. The third-order valence-corrected chi connectivity index (χ3v) is 3.79. The average molecular weight is 286 g/mol. The van der Waals surface area contributed by atoms with Gasteiger partial charge in [-0.15, -0.1) is 0 Å². The molecular formula is C13H22N2O5. The minimum atomic E-state index is -1.42. The van der Waals surface area contributed by atoms with E-state index in [1.165, 1.54) is 0 Å². The average Bonchev–Trinajstić information content (AvgIpc) is 2.30. The van der Waals surface area contributed by atoms with Gasteiger partial charge < -0.3 is 20.8 Å². The Bertz CT molecular complexity index is 394. The Morgan fingerprint density at radius 2 is 1.90 bits per heavy atom. The molecule has 0 radical (unpaired) electrons. The van der Waals surface area contributed by atoms with Gasteiger partial charge >= 0.3 is 18.0 Å². The molecule has 1 aliphatic carbocycles. The van der Waals surface area contributed by atoms with E-state index in [2.05, 4.69) is 24.5 Å². The molecule has 7 heteroatoms. The predicted molar refractivity (Wildman–Crippen MR) is 71.4 cm³/mol. The number of hydrogen-bond donors (Lipinski definition) is 4. The summed E-state index contributed by atoms with van der Waals surface area (Å²) in [5.74, 6) is -2.62. The number of carbonyl (C=O) groups is 3. The van der Waals surface area contributed by atoms with Crippen LogP contribution < -0.4 is 10.6 Å². The molecule has 2 atom stereocenters. The molecule has 0 aromatic rings. The first kappa shape index (κ1) is 16.3. The van der Waals surface area contributed by atoms with Gasteiger partial charge in [0.25, 0.3) is 0 Å². The van der Waals surface area contributed by atoms with Crippen LogP contribution in [-0.4, -0.2) is 40.3 Å². The molecule has 0 heterocycles. The molecule has 4 N–H and O–H groups in total. The molecule has 0 spiro atoms. The summed E-state index contributed by atoms with van der Waals surface area (Å²) in [5.41, 5.74) is -0.0406. The van der Waals surface area contributed by atoms with Crippen LogP contribution in [0.1, 0.15) is 46.0 Å². The van der Waals surface area contributed by atoms with E-state index in [0.717, 1.165) is 25.7 Å². The molecule has 2 unspecified atom stereocenters. The van der Waals surface area contributed by atoms with Crippen molar-refractivity contribution in [2.24, 2.45) is 5.41 Å². The van der Waals surface area contributed by atoms with E-state index in [9.17, 15) is 14.4 Å².